The van der Waals surface area contributed by atoms with Crippen LogP contribution in [-0.4, -0.2) is 17.0 Å². The summed E-state index contributed by atoms with van der Waals surface area (Å²) in [5.41, 5.74) is 0. The standard InChI is InChI=1S/C6H6F2O2/c7-6(8)3-1-2-4(6)5(9)10/h1,3-4H,2H2,(H,9,10). The van der Waals surface area contributed by atoms with Crippen LogP contribution in [-0.2, 0) is 4.79 Å². The molecule has 0 aromatic rings. The van der Waals surface area contributed by atoms with Gasteiger partial charge in [-0.25, -0.2) is 8.78 Å². The van der Waals surface area contributed by atoms with Gasteiger partial charge >= 0.3 is 5.97 Å². The third-order valence-electron chi connectivity index (χ3n) is 1.47. The Kier molecular flexibility index (Phi) is 1.46. The first kappa shape index (κ1) is 7.18. The van der Waals surface area contributed by atoms with Crippen molar-refractivity contribution in [3.8, 4) is 0 Å². The summed E-state index contributed by atoms with van der Waals surface area (Å²) in [7, 11) is 0. The zero-order chi connectivity index (χ0) is 7.78. The van der Waals surface area contributed by atoms with Crippen LogP contribution in [0.5, 0.6) is 0 Å². The van der Waals surface area contributed by atoms with Crippen molar-refractivity contribution in [3.05, 3.63) is 12.2 Å². The molecule has 0 bridgehead atoms. The number of carboxylic acids is 1. The van der Waals surface area contributed by atoms with Crippen molar-refractivity contribution >= 4 is 5.97 Å². The lowest BCUT2D eigenvalue weighted by molar-refractivity contribution is -0.150. The maximum Gasteiger partial charge on any atom is 0.313 e. The van der Waals surface area contributed by atoms with Crippen LogP contribution < -0.4 is 0 Å². The predicted molar refractivity (Wildman–Crippen MR) is 29.8 cm³/mol. The third-order valence-corrected chi connectivity index (χ3v) is 1.47. The van der Waals surface area contributed by atoms with Crippen LogP contribution in [0, 0.1) is 5.92 Å². The molecule has 10 heavy (non-hydrogen) atoms. The summed E-state index contributed by atoms with van der Waals surface area (Å²) in [5, 5.41) is 8.23. The van der Waals surface area contributed by atoms with E-state index in [-0.39, 0.29) is 6.42 Å². The van der Waals surface area contributed by atoms with E-state index in [1.807, 2.05) is 0 Å². The molecule has 4 heteroatoms. The first-order valence-electron chi connectivity index (χ1n) is 2.82. The largest absolute Gasteiger partial charge is 0.481 e. The molecule has 0 amide bonds. The van der Waals surface area contributed by atoms with E-state index in [1.54, 1.807) is 0 Å². The number of rotatable bonds is 1. The molecule has 0 aliphatic heterocycles. The lowest BCUT2D eigenvalue weighted by Crippen LogP contribution is -2.28. The van der Waals surface area contributed by atoms with Crippen molar-refractivity contribution in [2.75, 3.05) is 0 Å². The van der Waals surface area contributed by atoms with Gasteiger partial charge in [0.2, 0.25) is 0 Å². The van der Waals surface area contributed by atoms with Crippen LogP contribution in [0.3, 0.4) is 0 Å². The second-order valence-electron chi connectivity index (χ2n) is 2.20. The van der Waals surface area contributed by atoms with Gasteiger partial charge in [-0.15, -0.1) is 0 Å². The summed E-state index contributed by atoms with van der Waals surface area (Å²) in [4.78, 5) is 10.1. The summed E-state index contributed by atoms with van der Waals surface area (Å²) in [5.74, 6) is -6.13. The average Bonchev–Trinajstić information content (AvgIpc) is 2.08. The van der Waals surface area contributed by atoms with Crippen molar-refractivity contribution in [3.63, 3.8) is 0 Å². The highest BCUT2D eigenvalue weighted by atomic mass is 19.3. The van der Waals surface area contributed by atoms with Gasteiger partial charge in [-0.1, -0.05) is 6.08 Å². The van der Waals surface area contributed by atoms with E-state index < -0.39 is 17.8 Å². The van der Waals surface area contributed by atoms with Crippen molar-refractivity contribution in [2.45, 2.75) is 12.3 Å². The molecular formula is C6H6F2O2. The van der Waals surface area contributed by atoms with Gasteiger partial charge in [-0.05, 0) is 12.5 Å². The molecule has 0 spiro atoms. The van der Waals surface area contributed by atoms with Gasteiger partial charge in [-0.3, -0.25) is 4.79 Å². The molecule has 1 N–H and O–H groups in total. The van der Waals surface area contributed by atoms with Gasteiger partial charge in [0.15, 0.2) is 0 Å². The average molecular weight is 148 g/mol. The Balaban J connectivity index is 2.75. The fourth-order valence-corrected chi connectivity index (χ4v) is 0.900. The Morgan fingerprint density at radius 2 is 2.30 bits per heavy atom. The summed E-state index contributed by atoms with van der Waals surface area (Å²) < 4.78 is 24.8. The highest BCUT2D eigenvalue weighted by Gasteiger charge is 2.44. The number of carbonyl (C=O) groups is 1. The summed E-state index contributed by atoms with van der Waals surface area (Å²) in [6.45, 7) is 0. The number of hydrogen-bond acceptors (Lipinski definition) is 1. The van der Waals surface area contributed by atoms with E-state index in [0.717, 1.165) is 0 Å². The number of hydrogen-bond donors (Lipinski definition) is 1. The summed E-state index contributed by atoms with van der Waals surface area (Å²) in [6.07, 6.45) is 1.77. The summed E-state index contributed by atoms with van der Waals surface area (Å²) >= 11 is 0. The van der Waals surface area contributed by atoms with Crippen molar-refractivity contribution in [1.29, 1.82) is 0 Å². The Hall–Kier alpha value is -0.930. The topological polar surface area (TPSA) is 37.3 Å². The molecule has 0 saturated carbocycles. The van der Waals surface area contributed by atoms with Gasteiger partial charge in [0, 0.05) is 0 Å². The molecule has 0 radical (unpaired) electrons. The Labute approximate surface area is 56.2 Å². The maximum absolute atomic E-state index is 12.4. The first-order chi connectivity index (χ1) is 4.54. The van der Waals surface area contributed by atoms with Crippen LogP contribution in [0.25, 0.3) is 0 Å². The lowest BCUT2D eigenvalue weighted by Gasteiger charge is -2.12. The quantitative estimate of drug-likeness (QED) is 0.569. The molecule has 0 saturated heterocycles. The molecule has 1 aliphatic carbocycles. The fourth-order valence-electron chi connectivity index (χ4n) is 0.900. The number of alkyl halides is 2. The number of halogens is 2. The van der Waals surface area contributed by atoms with Crippen LogP contribution in [0.4, 0.5) is 8.78 Å². The molecule has 0 aromatic heterocycles. The highest BCUT2D eigenvalue weighted by molar-refractivity contribution is 5.72. The number of carboxylic acid groups (broad SMARTS) is 1. The molecular weight excluding hydrogens is 142 g/mol. The Morgan fingerprint density at radius 3 is 2.50 bits per heavy atom. The Morgan fingerprint density at radius 1 is 1.70 bits per heavy atom. The second-order valence-corrected chi connectivity index (χ2v) is 2.20. The summed E-state index contributed by atoms with van der Waals surface area (Å²) in [6, 6.07) is 0. The molecule has 1 aliphatic rings. The van der Waals surface area contributed by atoms with Gasteiger partial charge in [-0.2, -0.15) is 0 Å². The molecule has 2 nitrogen and oxygen atoms in total. The van der Waals surface area contributed by atoms with E-state index in [2.05, 4.69) is 0 Å². The van der Waals surface area contributed by atoms with E-state index in [0.29, 0.717) is 6.08 Å². The van der Waals surface area contributed by atoms with Gasteiger partial charge in [0.25, 0.3) is 5.92 Å². The molecule has 0 aromatic carbocycles. The van der Waals surface area contributed by atoms with Gasteiger partial charge in [0.1, 0.15) is 5.92 Å². The predicted octanol–water partition coefficient (Wildman–Crippen LogP) is 1.28. The number of aliphatic carboxylic acids is 1. The zero-order valence-electron chi connectivity index (χ0n) is 5.05. The molecule has 56 valence electrons. The minimum atomic E-state index is -3.15. The molecule has 0 heterocycles. The molecule has 1 rings (SSSR count). The van der Waals surface area contributed by atoms with E-state index in [4.69, 9.17) is 5.11 Å². The molecule has 1 atom stereocenters. The number of allylic oxidation sites excluding steroid dienone is 2. The Bertz CT molecular complexity index is 186. The van der Waals surface area contributed by atoms with Crippen LogP contribution >= 0.6 is 0 Å². The SMILES string of the molecule is O=C(O)C1CC=CC1(F)F. The van der Waals surface area contributed by atoms with Crippen LogP contribution in [0.15, 0.2) is 12.2 Å². The third kappa shape index (κ3) is 1.01. The molecule has 0 fully saturated rings. The normalized spacial score (nSPS) is 28.8. The van der Waals surface area contributed by atoms with Crippen molar-refractivity contribution in [2.24, 2.45) is 5.92 Å². The molecule has 1 unspecified atom stereocenters. The van der Waals surface area contributed by atoms with E-state index in [9.17, 15) is 13.6 Å². The van der Waals surface area contributed by atoms with Crippen molar-refractivity contribution in [1.82, 2.24) is 0 Å². The van der Waals surface area contributed by atoms with Crippen LogP contribution in [0.1, 0.15) is 6.42 Å². The van der Waals surface area contributed by atoms with Gasteiger partial charge < -0.3 is 5.11 Å². The first-order valence-corrected chi connectivity index (χ1v) is 2.82. The lowest BCUT2D eigenvalue weighted by atomic mass is 10.1. The maximum atomic E-state index is 12.4. The van der Waals surface area contributed by atoms with E-state index in [1.165, 1.54) is 6.08 Å². The minimum absolute atomic E-state index is 0.0671. The second kappa shape index (κ2) is 2.04. The van der Waals surface area contributed by atoms with Crippen LogP contribution in [0.2, 0.25) is 0 Å². The smallest absolute Gasteiger partial charge is 0.313 e. The zero-order valence-corrected chi connectivity index (χ0v) is 5.05. The van der Waals surface area contributed by atoms with Crippen molar-refractivity contribution < 1.29 is 18.7 Å². The highest BCUT2D eigenvalue weighted by Crippen LogP contribution is 2.34. The van der Waals surface area contributed by atoms with E-state index >= 15 is 0 Å². The minimum Gasteiger partial charge on any atom is -0.481 e. The van der Waals surface area contributed by atoms with Gasteiger partial charge in [0.05, 0.1) is 0 Å². The monoisotopic (exact) mass is 148 g/mol. The fraction of sp³-hybridized carbons (Fsp3) is 0.500.